The summed E-state index contributed by atoms with van der Waals surface area (Å²) in [5.74, 6) is 0.102. The number of ether oxygens (including phenoxy) is 2. The molecule has 0 radical (unpaired) electrons. The quantitative estimate of drug-likeness (QED) is 0.569. The molecule has 0 aromatic carbocycles. The van der Waals surface area contributed by atoms with Crippen molar-refractivity contribution in [1.82, 2.24) is 0 Å². The second-order valence-electron chi connectivity index (χ2n) is 8.81. The molecule has 0 saturated carbocycles. The number of carbonyl (C=O) groups is 1. The first-order valence-electron chi connectivity index (χ1n) is 9.95. The number of rotatable bonds is 2. The summed E-state index contributed by atoms with van der Waals surface area (Å²) in [5, 5.41) is 10.3. The van der Waals surface area contributed by atoms with E-state index in [1.807, 2.05) is 13.0 Å². The van der Waals surface area contributed by atoms with E-state index in [1.54, 1.807) is 0 Å². The molecule has 2 rings (SSSR count). The first-order valence-corrected chi connectivity index (χ1v) is 9.95. The third-order valence-electron chi connectivity index (χ3n) is 6.13. The third-order valence-corrected chi connectivity index (χ3v) is 6.13. The van der Waals surface area contributed by atoms with Gasteiger partial charge < -0.3 is 14.6 Å². The van der Waals surface area contributed by atoms with Crippen LogP contribution in [-0.4, -0.2) is 34.5 Å². The molecule has 2 heterocycles. The molecule has 26 heavy (non-hydrogen) atoms. The zero-order chi connectivity index (χ0) is 19.5. The van der Waals surface area contributed by atoms with Crippen molar-refractivity contribution < 1.29 is 19.4 Å². The molecule has 4 heteroatoms. The van der Waals surface area contributed by atoms with E-state index in [-0.39, 0.29) is 17.7 Å². The Morgan fingerprint density at radius 2 is 2.00 bits per heavy atom. The van der Waals surface area contributed by atoms with E-state index in [4.69, 9.17) is 9.47 Å². The van der Waals surface area contributed by atoms with Crippen LogP contribution < -0.4 is 0 Å². The topological polar surface area (TPSA) is 55.8 Å². The fourth-order valence-electron chi connectivity index (χ4n) is 4.32. The van der Waals surface area contributed by atoms with Crippen LogP contribution in [0.15, 0.2) is 23.3 Å². The predicted molar refractivity (Wildman–Crippen MR) is 104 cm³/mol. The van der Waals surface area contributed by atoms with Gasteiger partial charge in [-0.3, -0.25) is 4.79 Å². The lowest BCUT2D eigenvalue weighted by Gasteiger charge is -2.39. The third kappa shape index (κ3) is 4.98. The molecule has 148 valence electrons. The minimum absolute atomic E-state index is 0.240. The average Bonchev–Trinajstić information content (AvgIpc) is 2.88. The summed E-state index contributed by atoms with van der Waals surface area (Å²) < 4.78 is 12.4. The van der Waals surface area contributed by atoms with Crippen LogP contribution in [0, 0.1) is 5.92 Å². The fraction of sp³-hybridized carbons (Fsp3) is 0.773. The summed E-state index contributed by atoms with van der Waals surface area (Å²) in [7, 11) is 0. The second-order valence-corrected chi connectivity index (χ2v) is 8.81. The number of esters is 1. The summed E-state index contributed by atoms with van der Waals surface area (Å²) in [4.78, 5) is 11.7. The predicted octanol–water partition coefficient (Wildman–Crippen LogP) is 4.71. The van der Waals surface area contributed by atoms with Gasteiger partial charge in [0, 0.05) is 6.92 Å². The highest BCUT2D eigenvalue weighted by Crippen LogP contribution is 2.48. The number of carbonyl (C=O) groups excluding carboxylic acids is 1. The molecule has 4 atom stereocenters. The molecular weight excluding hydrogens is 328 g/mol. The molecule has 2 bridgehead atoms. The van der Waals surface area contributed by atoms with E-state index in [0.29, 0.717) is 18.8 Å². The summed E-state index contributed by atoms with van der Waals surface area (Å²) in [6.07, 6.45) is 8.23. The summed E-state index contributed by atoms with van der Waals surface area (Å²) in [6, 6.07) is 0. The standard InChI is InChI=1S/C22H36O4/c1-15(2)22-10-9-17(4)14-19(24)13-16(3)7-8-20(25-18(5)23)21(6,26-22)11-12-22/h9,13,15,19-20,24H,7-8,10-12,14H2,1-6H3/b16-13-,17-9+/t19-,20-,21+,22-/m0/s1. The van der Waals surface area contributed by atoms with Gasteiger partial charge in [-0.05, 0) is 65.2 Å². The minimum atomic E-state index is -0.470. The van der Waals surface area contributed by atoms with Crippen molar-refractivity contribution in [3.05, 3.63) is 23.3 Å². The Bertz CT molecular complexity index is 577. The van der Waals surface area contributed by atoms with Gasteiger partial charge in [-0.15, -0.1) is 0 Å². The van der Waals surface area contributed by atoms with Gasteiger partial charge in [-0.2, -0.15) is 0 Å². The van der Waals surface area contributed by atoms with Gasteiger partial charge in [-0.25, -0.2) is 0 Å². The van der Waals surface area contributed by atoms with Crippen LogP contribution in [0.1, 0.15) is 80.1 Å². The number of aliphatic hydroxyl groups is 1. The molecule has 2 aliphatic rings. The lowest BCUT2D eigenvalue weighted by atomic mass is 9.82. The van der Waals surface area contributed by atoms with E-state index in [2.05, 4.69) is 33.8 Å². The molecule has 0 aliphatic carbocycles. The van der Waals surface area contributed by atoms with Gasteiger partial charge >= 0.3 is 5.97 Å². The van der Waals surface area contributed by atoms with Crippen molar-refractivity contribution in [3.63, 3.8) is 0 Å². The second kappa shape index (κ2) is 8.26. The summed E-state index contributed by atoms with van der Waals surface area (Å²) >= 11 is 0. The van der Waals surface area contributed by atoms with Gasteiger partial charge in [0.25, 0.3) is 0 Å². The molecule has 0 unspecified atom stereocenters. The van der Waals surface area contributed by atoms with E-state index in [9.17, 15) is 9.90 Å². The van der Waals surface area contributed by atoms with E-state index in [1.165, 1.54) is 12.5 Å². The molecule has 0 aromatic heterocycles. The van der Waals surface area contributed by atoms with Crippen molar-refractivity contribution in [3.8, 4) is 0 Å². The molecule has 0 amide bonds. The van der Waals surface area contributed by atoms with Crippen LogP contribution >= 0.6 is 0 Å². The normalized spacial score (nSPS) is 40.5. The van der Waals surface area contributed by atoms with Gasteiger partial charge in [0.1, 0.15) is 11.7 Å². The van der Waals surface area contributed by atoms with Crippen molar-refractivity contribution >= 4 is 5.97 Å². The maximum absolute atomic E-state index is 11.7. The first-order chi connectivity index (χ1) is 12.1. The van der Waals surface area contributed by atoms with Crippen LogP contribution in [0.25, 0.3) is 0 Å². The van der Waals surface area contributed by atoms with Gasteiger partial charge in [-0.1, -0.05) is 37.1 Å². The van der Waals surface area contributed by atoms with Crippen LogP contribution in [0.4, 0.5) is 0 Å². The fourth-order valence-corrected chi connectivity index (χ4v) is 4.32. The monoisotopic (exact) mass is 364 g/mol. The molecular formula is C22H36O4. The van der Waals surface area contributed by atoms with Crippen molar-refractivity contribution in [2.75, 3.05) is 0 Å². The van der Waals surface area contributed by atoms with Crippen LogP contribution in [0.2, 0.25) is 0 Å². The number of fused-ring (bicyclic) bond motifs is 2. The highest BCUT2D eigenvalue weighted by Gasteiger charge is 2.52. The molecule has 4 nitrogen and oxygen atoms in total. The van der Waals surface area contributed by atoms with Crippen LogP contribution in [-0.2, 0) is 14.3 Å². The lowest BCUT2D eigenvalue weighted by Crippen LogP contribution is -2.46. The number of aliphatic hydroxyl groups excluding tert-OH is 1. The Morgan fingerprint density at radius 3 is 2.62 bits per heavy atom. The smallest absolute Gasteiger partial charge is 0.303 e. The highest BCUT2D eigenvalue weighted by molar-refractivity contribution is 5.66. The zero-order valence-corrected chi connectivity index (χ0v) is 17.3. The highest BCUT2D eigenvalue weighted by atomic mass is 16.6. The molecule has 0 spiro atoms. The van der Waals surface area contributed by atoms with E-state index >= 15 is 0 Å². The largest absolute Gasteiger partial charge is 0.459 e. The molecule has 1 N–H and O–H groups in total. The molecule has 0 aromatic rings. The first kappa shape index (κ1) is 21.2. The number of hydrogen-bond acceptors (Lipinski definition) is 4. The average molecular weight is 365 g/mol. The molecule has 1 fully saturated rings. The summed E-state index contributed by atoms with van der Waals surface area (Å²) in [5.41, 5.74) is 1.61. The Kier molecular flexibility index (Phi) is 6.73. The maximum atomic E-state index is 11.7. The Balaban J connectivity index is 2.39. The van der Waals surface area contributed by atoms with Gasteiger partial charge in [0.2, 0.25) is 0 Å². The minimum Gasteiger partial charge on any atom is -0.459 e. The van der Waals surface area contributed by atoms with Crippen molar-refractivity contribution in [2.45, 2.75) is 103 Å². The molecule has 2 aliphatic heterocycles. The number of allylic oxidation sites excluding steroid dienone is 1. The van der Waals surface area contributed by atoms with Crippen molar-refractivity contribution in [1.29, 1.82) is 0 Å². The Labute approximate surface area is 158 Å². The van der Waals surface area contributed by atoms with E-state index in [0.717, 1.165) is 31.3 Å². The number of hydrogen-bond donors (Lipinski definition) is 1. The molecule has 1 saturated heterocycles. The summed E-state index contributed by atoms with van der Waals surface area (Å²) in [6.45, 7) is 12.1. The van der Waals surface area contributed by atoms with Crippen LogP contribution in [0.5, 0.6) is 0 Å². The van der Waals surface area contributed by atoms with Crippen molar-refractivity contribution in [2.24, 2.45) is 5.92 Å². The van der Waals surface area contributed by atoms with Crippen LogP contribution in [0.3, 0.4) is 0 Å². The lowest BCUT2D eigenvalue weighted by molar-refractivity contribution is -0.186. The van der Waals surface area contributed by atoms with Gasteiger partial charge in [0.05, 0.1) is 11.7 Å². The van der Waals surface area contributed by atoms with Gasteiger partial charge in [0.15, 0.2) is 0 Å². The maximum Gasteiger partial charge on any atom is 0.303 e. The Morgan fingerprint density at radius 1 is 1.31 bits per heavy atom. The Hall–Kier alpha value is -1.13. The van der Waals surface area contributed by atoms with E-state index < -0.39 is 11.7 Å². The zero-order valence-electron chi connectivity index (χ0n) is 17.3. The SMILES string of the molecule is CC(=O)O[C@H]1CC/C(C)=C\[C@H](O)C/C(C)=C/C[C@@]2(C(C)C)CC[C@@]1(C)O2.